The molecule has 0 bridgehead atoms. The van der Waals surface area contributed by atoms with Crippen LogP contribution in [0.15, 0.2) is 12.1 Å². The molecular weight excluding hydrogens is 292 g/mol. The lowest BCUT2D eigenvalue weighted by atomic mass is 10.2. The normalized spacial score (nSPS) is 20.2. The van der Waals surface area contributed by atoms with E-state index in [4.69, 9.17) is 0 Å². The fourth-order valence-corrected chi connectivity index (χ4v) is 4.00. The summed E-state index contributed by atoms with van der Waals surface area (Å²) in [5.74, 6) is 0.491. The largest absolute Gasteiger partial charge is 0.369 e. The van der Waals surface area contributed by atoms with Crippen molar-refractivity contribution >= 4 is 21.6 Å². The van der Waals surface area contributed by atoms with Crippen LogP contribution in [0.1, 0.15) is 30.3 Å². The van der Waals surface area contributed by atoms with Gasteiger partial charge in [0.25, 0.3) is 5.91 Å². The smallest absolute Gasteiger partial charge is 0.274 e. The van der Waals surface area contributed by atoms with Crippen molar-refractivity contribution in [3.8, 4) is 0 Å². The highest BCUT2D eigenvalue weighted by molar-refractivity contribution is 7.91. The molecule has 1 amide bonds. The Kier molecular flexibility index (Phi) is 4.76. The monoisotopic (exact) mass is 312 g/mol. The Balaban J connectivity index is 2.02. The minimum absolute atomic E-state index is 0.0266. The van der Waals surface area contributed by atoms with E-state index in [0.29, 0.717) is 12.2 Å². The number of aromatic nitrogens is 2. The van der Waals surface area contributed by atoms with Crippen molar-refractivity contribution in [2.75, 3.05) is 30.4 Å². The first-order valence-electron chi connectivity index (χ1n) is 6.98. The van der Waals surface area contributed by atoms with Gasteiger partial charge in [-0.2, -0.15) is 0 Å². The average molecular weight is 312 g/mol. The van der Waals surface area contributed by atoms with E-state index in [0.717, 1.165) is 13.0 Å². The molecule has 1 aliphatic heterocycles. The van der Waals surface area contributed by atoms with Gasteiger partial charge in [0.05, 0.1) is 11.5 Å². The van der Waals surface area contributed by atoms with Crippen LogP contribution in [0.2, 0.25) is 0 Å². The molecule has 1 aromatic heterocycles. The summed E-state index contributed by atoms with van der Waals surface area (Å²) in [6.45, 7) is 2.84. The number of carbonyl (C=O) groups is 1. The van der Waals surface area contributed by atoms with Gasteiger partial charge in [-0.25, -0.2) is 8.42 Å². The van der Waals surface area contributed by atoms with Crippen LogP contribution in [0.3, 0.4) is 0 Å². The predicted octanol–water partition coefficient (Wildman–Crippen LogP) is 0.558. The summed E-state index contributed by atoms with van der Waals surface area (Å²) in [6.07, 6.45) is 1.45. The summed E-state index contributed by atoms with van der Waals surface area (Å²) in [6, 6.07) is 3.03. The molecule has 0 spiro atoms. The fourth-order valence-electron chi connectivity index (χ4n) is 2.22. The van der Waals surface area contributed by atoms with Gasteiger partial charge in [0.15, 0.2) is 15.5 Å². The van der Waals surface area contributed by atoms with Gasteiger partial charge in [-0.05, 0) is 25.0 Å². The summed E-state index contributed by atoms with van der Waals surface area (Å²) < 4.78 is 23.0. The van der Waals surface area contributed by atoms with E-state index in [9.17, 15) is 13.2 Å². The van der Waals surface area contributed by atoms with E-state index < -0.39 is 9.84 Å². The molecule has 8 heteroatoms. The molecule has 2 rings (SSSR count). The molecule has 0 saturated carbocycles. The molecule has 116 valence electrons. The minimum atomic E-state index is -3.01. The van der Waals surface area contributed by atoms with Crippen LogP contribution >= 0.6 is 0 Å². The Bertz CT molecular complexity index is 600. The quantitative estimate of drug-likeness (QED) is 0.854. The van der Waals surface area contributed by atoms with Crippen LogP contribution < -0.4 is 5.32 Å². The maximum Gasteiger partial charge on any atom is 0.274 e. The standard InChI is InChI=1S/C13H20N4O3S/c1-3-7-14-12-5-4-11(15-16-12)13(18)17(2)10-6-8-21(19,20)9-10/h4-5,10H,3,6-9H2,1-2H3,(H,14,16). The first kappa shape index (κ1) is 15.7. The lowest BCUT2D eigenvalue weighted by molar-refractivity contribution is 0.0740. The molecule has 0 aromatic carbocycles. The summed E-state index contributed by atoms with van der Waals surface area (Å²) >= 11 is 0. The van der Waals surface area contributed by atoms with Gasteiger partial charge in [0.1, 0.15) is 5.82 Å². The predicted molar refractivity (Wildman–Crippen MR) is 80.0 cm³/mol. The molecular formula is C13H20N4O3S. The van der Waals surface area contributed by atoms with Gasteiger partial charge >= 0.3 is 0 Å². The van der Waals surface area contributed by atoms with Crippen LogP contribution in [0, 0.1) is 0 Å². The first-order valence-corrected chi connectivity index (χ1v) is 8.80. The lowest BCUT2D eigenvalue weighted by Gasteiger charge is -2.22. The van der Waals surface area contributed by atoms with Gasteiger partial charge in [-0.1, -0.05) is 6.92 Å². The van der Waals surface area contributed by atoms with Crippen molar-refractivity contribution in [3.05, 3.63) is 17.8 Å². The Hall–Kier alpha value is -1.70. The van der Waals surface area contributed by atoms with E-state index in [2.05, 4.69) is 15.5 Å². The summed E-state index contributed by atoms with van der Waals surface area (Å²) in [7, 11) is -1.40. The second kappa shape index (κ2) is 6.38. The maximum atomic E-state index is 12.3. The third-order valence-corrected chi connectivity index (χ3v) is 5.27. The Labute approximate surface area is 124 Å². The zero-order valence-corrected chi connectivity index (χ0v) is 13.1. The summed E-state index contributed by atoms with van der Waals surface area (Å²) in [5, 5.41) is 10.9. The summed E-state index contributed by atoms with van der Waals surface area (Å²) in [4.78, 5) is 13.7. The van der Waals surface area contributed by atoms with Crippen LogP contribution in [-0.4, -0.2) is 60.6 Å². The molecule has 2 heterocycles. The van der Waals surface area contributed by atoms with Crippen molar-refractivity contribution in [1.29, 1.82) is 0 Å². The number of nitrogens with zero attached hydrogens (tertiary/aromatic N) is 3. The number of sulfone groups is 1. The number of hydrogen-bond donors (Lipinski definition) is 1. The van der Waals surface area contributed by atoms with Crippen molar-refractivity contribution in [1.82, 2.24) is 15.1 Å². The van der Waals surface area contributed by atoms with Gasteiger partial charge in [0.2, 0.25) is 0 Å². The molecule has 1 saturated heterocycles. The first-order chi connectivity index (χ1) is 9.93. The van der Waals surface area contributed by atoms with Gasteiger partial charge < -0.3 is 10.2 Å². The number of amides is 1. The second-order valence-electron chi connectivity index (χ2n) is 5.20. The third kappa shape index (κ3) is 3.90. The second-order valence-corrected chi connectivity index (χ2v) is 7.43. The fraction of sp³-hybridized carbons (Fsp3) is 0.615. The number of nitrogens with one attached hydrogen (secondary N) is 1. The van der Waals surface area contributed by atoms with Crippen molar-refractivity contribution in [2.24, 2.45) is 0 Å². The molecule has 21 heavy (non-hydrogen) atoms. The van der Waals surface area contributed by atoms with Crippen molar-refractivity contribution in [3.63, 3.8) is 0 Å². The molecule has 1 aromatic rings. The van der Waals surface area contributed by atoms with Crippen molar-refractivity contribution < 1.29 is 13.2 Å². The van der Waals surface area contributed by atoms with Crippen LogP contribution in [0.5, 0.6) is 0 Å². The molecule has 1 unspecified atom stereocenters. The van der Waals surface area contributed by atoms with Crippen LogP contribution in [0.25, 0.3) is 0 Å². The van der Waals surface area contributed by atoms with Gasteiger partial charge in [0, 0.05) is 19.6 Å². The highest BCUT2D eigenvalue weighted by atomic mass is 32.2. The SMILES string of the molecule is CCCNc1ccc(C(=O)N(C)C2CCS(=O)(=O)C2)nn1. The third-order valence-electron chi connectivity index (χ3n) is 3.52. The Morgan fingerprint density at radius 3 is 2.71 bits per heavy atom. The molecule has 7 nitrogen and oxygen atoms in total. The molecule has 1 N–H and O–H groups in total. The molecule has 1 aliphatic rings. The highest BCUT2D eigenvalue weighted by Gasteiger charge is 2.33. The number of anilines is 1. The minimum Gasteiger partial charge on any atom is -0.369 e. The van der Waals surface area contributed by atoms with E-state index in [1.165, 1.54) is 4.90 Å². The molecule has 0 aliphatic carbocycles. The van der Waals surface area contributed by atoms with Crippen LogP contribution in [0.4, 0.5) is 5.82 Å². The topological polar surface area (TPSA) is 92.3 Å². The zero-order valence-electron chi connectivity index (χ0n) is 12.2. The number of rotatable bonds is 5. The summed E-state index contributed by atoms with van der Waals surface area (Å²) in [5.41, 5.74) is 0.226. The van der Waals surface area contributed by atoms with E-state index in [-0.39, 0.29) is 29.1 Å². The van der Waals surface area contributed by atoms with E-state index >= 15 is 0 Å². The Morgan fingerprint density at radius 2 is 2.19 bits per heavy atom. The molecule has 1 fully saturated rings. The highest BCUT2D eigenvalue weighted by Crippen LogP contribution is 2.18. The van der Waals surface area contributed by atoms with Gasteiger partial charge in [-0.15, -0.1) is 10.2 Å². The number of carbonyl (C=O) groups excluding carboxylic acids is 1. The maximum absolute atomic E-state index is 12.3. The zero-order chi connectivity index (χ0) is 15.5. The molecule has 1 atom stereocenters. The molecule has 0 radical (unpaired) electrons. The Morgan fingerprint density at radius 1 is 1.43 bits per heavy atom. The van der Waals surface area contributed by atoms with E-state index in [1.54, 1.807) is 19.2 Å². The number of hydrogen-bond acceptors (Lipinski definition) is 6. The van der Waals surface area contributed by atoms with Crippen LogP contribution in [-0.2, 0) is 9.84 Å². The average Bonchev–Trinajstić information content (AvgIpc) is 2.84. The van der Waals surface area contributed by atoms with Crippen molar-refractivity contribution in [2.45, 2.75) is 25.8 Å². The lowest BCUT2D eigenvalue weighted by Crippen LogP contribution is -2.38. The van der Waals surface area contributed by atoms with Gasteiger partial charge in [-0.3, -0.25) is 4.79 Å². The van der Waals surface area contributed by atoms with E-state index in [1.807, 2.05) is 6.92 Å².